The van der Waals surface area contributed by atoms with Gasteiger partial charge in [0.25, 0.3) is 0 Å². The van der Waals surface area contributed by atoms with Gasteiger partial charge in [0.05, 0.1) is 5.56 Å². The summed E-state index contributed by atoms with van der Waals surface area (Å²) in [5.41, 5.74) is 2.19. The second-order valence-corrected chi connectivity index (χ2v) is 7.62. The van der Waals surface area contributed by atoms with Crippen LogP contribution in [0.5, 0.6) is 11.5 Å². The van der Waals surface area contributed by atoms with Gasteiger partial charge in [0.1, 0.15) is 6.07 Å². The molecule has 0 spiro atoms. The van der Waals surface area contributed by atoms with Crippen molar-refractivity contribution in [3.63, 3.8) is 0 Å². The highest BCUT2D eigenvalue weighted by Crippen LogP contribution is 2.33. The molecule has 3 aromatic rings. The number of nitrogens with zero attached hydrogens (tertiary/aromatic N) is 4. The van der Waals surface area contributed by atoms with Crippen molar-refractivity contribution in [2.24, 2.45) is 0 Å². The van der Waals surface area contributed by atoms with Crippen molar-refractivity contribution in [1.82, 2.24) is 9.88 Å². The Kier molecular flexibility index (Phi) is 5.13. The van der Waals surface area contributed by atoms with Gasteiger partial charge < -0.3 is 23.9 Å². The zero-order chi connectivity index (χ0) is 22.1. The molecule has 1 aromatic heterocycles. The number of carboxylic acid groups (broad SMARTS) is 1. The normalized spacial score (nSPS) is 15.5. The summed E-state index contributed by atoms with van der Waals surface area (Å²) in [4.78, 5) is 19.7. The number of carboxylic acids is 1. The lowest BCUT2D eigenvalue weighted by Crippen LogP contribution is -2.46. The standard InChI is InChI=1S/C23H20N4O5/c24-12-18-22(32-21(25-18)16-2-4-17(5-3-16)23(28)29)27-9-7-26(8-10-27)13-15-1-6-19-20(11-15)31-14-30-19/h1-6,11H,7-10,13-14H2,(H,28,29). The fourth-order valence-electron chi connectivity index (χ4n) is 3.88. The molecule has 2 aromatic carbocycles. The summed E-state index contributed by atoms with van der Waals surface area (Å²) in [6.45, 7) is 4.08. The van der Waals surface area contributed by atoms with Gasteiger partial charge in [0.2, 0.25) is 24.3 Å². The highest BCUT2D eigenvalue weighted by atomic mass is 16.7. The summed E-state index contributed by atoms with van der Waals surface area (Å²) in [6, 6.07) is 14.3. The van der Waals surface area contributed by atoms with Gasteiger partial charge in [-0.1, -0.05) is 6.07 Å². The molecule has 9 nitrogen and oxygen atoms in total. The fourth-order valence-corrected chi connectivity index (χ4v) is 3.88. The molecule has 0 unspecified atom stereocenters. The Balaban J connectivity index is 1.26. The average Bonchev–Trinajstić information content (AvgIpc) is 3.46. The van der Waals surface area contributed by atoms with Crippen LogP contribution in [0, 0.1) is 11.3 Å². The fraction of sp³-hybridized carbons (Fsp3) is 0.261. The second kappa shape index (κ2) is 8.24. The molecule has 0 atom stereocenters. The van der Waals surface area contributed by atoms with E-state index in [0.29, 0.717) is 30.4 Å². The molecule has 1 fully saturated rings. The molecule has 5 rings (SSSR count). The number of fused-ring (bicyclic) bond motifs is 1. The van der Waals surface area contributed by atoms with E-state index in [1.807, 2.05) is 23.1 Å². The van der Waals surface area contributed by atoms with Crippen LogP contribution in [0.25, 0.3) is 11.5 Å². The Morgan fingerprint density at radius 1 is 1.06 bits per heavy atom. The van der Waals surface area contributed by atoms with Gasteiger partial charge in [-0.2, -0.15) is 10.2 Å². The van der Waals surface area contributed by atoms with Crippen LogP contribution >= 0.6 is 0 Å². The van der Waals surface area contributed by atoms with E-state index in [-0.39, 0.29) is 18.1 Å². The lowest BCUT2D eigenvalue weighted by molar-refractivity contribution is 0.0697. The number of benzene rings is 2. The minimum atomic E-state index is -0.999. The molecule has 3 heterocycles. The van der Waals surface area contributed by atoms with Crippen molar-refractivity contribution >= 4 is 11.9 Å². The van der Waals surface area contributed by atoms with E-state index in [1.54, 1.807) is 12.1 Å². The van der Waals surface area contributed by atoms with E-state index in [2.05, 4.69) is 16.0 Å². The third-order valence-corrected chi connectivity index (χ3v) is 5.60. The molecule has 0 amide bonds. The van der Waals surface area contributed by atoms with Crippen LogP contribution in [0.15, 0.2) is 46.9 Å². The minimum Gasteiger partial charge on any atom is -0.478 e. The van der Waals surface area contributed by atoms with Crippen molar-refractivity contribution in [1.29, 1.82) is 5.26 Å². The maximum Gasteiger partial charge on any atom is 0.335 e. The molecule has 2 aliphatic heterocycles. The van der Waals surface area contributed by atoms with Crippen molar-refractivity contribution in [2.45, 2.75) is 6.54 Å². The predicted octanol–water partition coefficient (Wildman–Crippen LogP) is 2.96. The maximum atomic E-state index is 11.0. The van der Waals surface area contributed by atoms with Gasteiger partial charge in [0, 0.05) is 38.3 Å². The van der Waals surface area contributed by atoms with E-state index in [9.17, 15) is 10.1 Å². The Bertz CT molecular complexity index is 1190. The monoisotopic (exact) mass is 432 g/mol. The van der Waals surface area contributed by atoms with E-state index in [0.717, 1.165) is 36.7 Å². The number of aromatic carboxylic acids is 1. The summed E-state index contributed by atoms with van der Waals surface area (Å²) < 4.78 is 16.8. The summed E-state index contributed by atoms with van der Waals surface area (Å²) >= 11 is 0. The topological polar surface area (TPSA) is 112 Å². The number of ether oxygens (including phenoxy) is 2. The van der Waals surface area contributed by atoms with Gasteiger partial charge in [-0.15, -0.1) is 0 Å². The lowest BCUT2D eigenvalue weighted by Gasteiger charge is -2.34. The first-order chi connectivity index (χ1) is 15.6. The summed E-state index contributed by atoms with van der Waals surface area (Å²) in [6.07, 6.45) is 0. The molecule has 0 aliphatic carbocycles. The largest absolute Gasteiger partial charge is 0.478 e. The summed E-state index contributed by atoms with van der Waals surface area (Å²) in [7, 11) is 0. The summed E-state index contributed by atoms with van der Waals surface area (Å²) in [5.74, 6) is 1.32. The first kappa shape index (κ1) is 19.9. The second-order valence-electron chi connectivity index (χ2n) is 7.62. The van der Waals surface area contributed by atoms with Crippen LogP contribution in [0.3, 0.4) is 0 Å². The van der Waals surface area contributed by atoms with Crippen LogP contribution in [-0.2, 0) is 6.54 Å². The lowest BCUT2D eigenvalue weighted by atomic mass is 10.1. The van der Waals surface area contributed by atoms with Crippen LogP contribution in [0.2, 0.25) is 0 Å². The smallest absolute Gasteiger partial charge is 0.335 e. The molecule has 32 heavy (non-hydrogen) atoms. The zero-order valence-electron chi connectivity index (χ0n) is 17.2. The van der Waals surface area contributed by atoms with Gasteiger partial charge in [0.15, 0.2) is 11.5 Å². The number of hydrogen-bond donors (Lipinski definition) is 1. The number of aromatic nitrogens is 1. The van der Waals surface area contributed by atoms with Gasteiger partial charge in [-0.25, -0.2) is 4.79 Å². The van der Waals surface area contributed by atoms with Crippen molar-refractivity contribution in [3.8, 4) is 29.0 Å². The first-order valence-electron chi connectivity index (χ1n) is 10.2. The number of rotatable bonds is 5. The SMILES string of the molecule is N#Cc1nc(-c2ccc(C(=O)O)cc2)oc1N1CCN(Cc2ccc3c(c2)OCO3)CC1. The number of hydrogen-bond acceptors (Lipinski definition) is 8. The highest BCUT2D eigenvalue weighted by Gasteiger charge is 2.25. The molecule has 0 bridgehead atoms. The minimum absolute atomic E-state index is 0.180. The molecule has 0 radical (unpaired) electrons. The molecule has 1 N–H and O–H groups in total. The van der Waals surface area contributed by atoms with E-state index in [1.165, 1.54) is 12.1 Å². The van der Waals surface area contributed by atoms with Crippen molar-refractivity contribution < 1.29 is 23.8 Å². The predicted molar refractivity (Wildman–Crippen MR) is 114 cm³/mol. The Morgan fingerprint density at radius 2 is 1.81 bits per heavy atom. The number of oxazole rings is 1. The van der Waals surface area contributed by atoms with Crippen LogP contribution < -0.4 is 14.4 Å². The van der Waals surface area contributed by atoms with E-state index in [4.69, 9.17) is 19.0 Å². The highest BCUT2D eigenvalue weighted by molar-refractivity contribution is 5.88. The third-order valence-electron chi connectivity index (χ3n) is 5.60. The molecular weight excluding hydrogens is 412 g/mol. The number of piperazine rings is 1. The third kappa shape index (κ3) is 3.84. The quantitative estimate of drug-likeness (QED) is 0.650. The molecular formula is C23H20N4O5. The first-order valence-corrected chi connectivity index (χ1v) is 10.2. The molecule has 162 valence electrons. The van der Waals surface area contributed by atoms with Crippen molar-refractivity contribution in [3.05, 3.63) is 59.3 Å². The summed E-state index contributed by atoms with van der Waals surface area (Å²) in [5, 5.41) is 18.6. The number of nitriles is 1. The number of carbonyl (C=O) groups is 1. The Labute approximate surface area is 184 Å². The van der Waals surface area contributed by atoms with E-state index < -0.39 is 5.97 Å². The van der Waals surface area contributed by atoms with Crippen LogP contribution in [0.1, 0.15) is 21.6 Å². The molecule has 9 heteroatoms. The Morgan fingerprint density at radius 3 is 2.53 bits per heavy atom. The van der Waals surface area contributed by atoms with Crippen LogP contribution in [-0.4, -0.2) is 53.9 Å². The molecule has 1 saturated heterocycles. The van der Waals surface area contributed by atoms with Gasteiger partial charge in [-0.3, -0.25) is 4.90 Å². The molecule has 0 saturated carbocycles. The number of anilines is 1. The Hall–Kier alpha value is -4.03. The molecule has 2 aliphatic rings. The maximum absolute atomic E-state index is 11.0. The zero-order valence-corrected chi connectivity index (χ0v) is 17.2. The van der Waals surface area contributed by atoms with Gasteiger partial charge in [-0.05, 0) is 42.0 Å². The van der Waals surface area contributed by atoms with Gasteiger partial charge >= 0.3 is 5.97 Å². The van der Waals surface area contributed by atoms with Crippen molar-refractivity contribution in [2.75, 3.05) is 37.9 Å². The van der Waals surface area contributed by atoms with Crippen LogP contribution in [0.4, 0.5) is 5.88 Å². The van der Waals surface area contributed by atoms with E-state index >= 15 is 0 Å². The average molecular weight is 432 g/mol.